The Bertz CT molecular complexity index is 1370. The minimum Gasteiger partial charge on any atom is -0.354 e. The van der Waals surface area contributed by atoms with E-state index in [1.165, 1.54) is 17.0 Å². The molecule has 9 heteroatoms. The maximum Gasteiger partial charge on any atom is 0.264 e. The second-order valence-corrected chi connectivity index (χ2v) is 11.6. The van der Waals surface area contributed by atoms with E-state index in [1.54, 1.807) is 54.6 Å². The summed E-state index contributed by atoms with van der Waals surface area (Å²) in [5.74, 6) is -0.784. The van der Waals surface area contributed by atoms with E-state index < -0.39 is 28.5 Å². The third-order valence-electron chi connectivity index (χ3n) is 6.41. The van der Waals surface area contributed by atoms with E-state index in [9.17, 15) is 18.0 Å². The van der Waals surface area contributed by atoms with Gasteiger partial charge in [-0.1, -0.05) is 80.4 Å². The smallest absolute Gasteiger partial charge is 0.264 e. The number of hydrogen-bond acceptors (Lipinski definition) is 4. The topological polar surface area (TPSA) is 86.8 Å². The molecule has 0 spiro atoms. The largest absolute Gasteiger partial charge is 0.354 e. The average Bonchev–Trinajstić information content (AvgIpc) is 2.93. The normalized spacial score (nSPS) is 12.0. The number of sulfonamides is 1. The zero-order valence-corrected chi connectivity index (χ0v) is 24.2. The molecule has 39 heavy (non-hydrogen) atoms. The zero-order chi connectivity index (χ0) is 28.4. The first-order valence-corrected chi connectivity index (χ1v) is 15.0. The second kappa shape index (κ2) is 14.1. The lowest BCUT2D eigenvalue weighted by atomic mass is 10.1. The SMILES string of the molecule is CCCCNC(=O)[C@H](CC)N(Cc1ccccc1Cl)C(=O)CN(c1cccc(C)c1)S(=O)(=O)c1ccccc1. The molecule has 0 saturated heterocycles. The fraction of sp³-hybridized carbons (Fsp3) is 0.333. The van der Waals surface area contributed by atoms with E-state index in [1.807, 2.05) is 32.9 Å². The second-order valence-electron chi connectivity index (χ2n) is 9.35. The number of aryl methyl sites for hydroxylation is 1. The van der Waals surface area contributed by atoms with Crippen molar-refractivity contribution >= 4 is 39.1 Å². The molecule has 1 N–H and O–H groups in total. The van der Waals surface area contributed by atoms with E-state index in [4.69, 9.17) is 11.6 Å². The highest BCUT2D eigenvalue weighted by molar-refractivity contribution is 7.92. The molecule has 0 aliphatic carbocycles. The third kappa shape index (κ3) is 7.83. The molecule has 2 amide bonds. The highest BCUT2D eigenvalue weighted by Crippen LogP contribution is 2.26. The first-order chi connectivity index (χ1) is 18.7. The van der Waals surface area contributed by atoms with Crippen molar-refractivity contribution in [3.63, 3.8) is 0 Å². The number of nitrogens with zero attached hydrogens (tertiary/aromatic N) is 2. The van der Waals surface area contributed by atoms with Crippen molar-refractivity contribution < 1.29 is 18.0 Å². The van der Waals surface area contributed by atoms with Crippen LogP contribution in [0.5, 0.6) is 0 Å². The Balaban J connectivity index is 2.03. The molecule has 0 aliphatic rings. The fourth-order valence-electron chi connectivity index (χ4n) is 4.27. The molecule has 0 bridgehead atoms. The van der Waals surface area contributed by atoms with Crippen molar-refractivity contribution in [3.05, 3.63) is 95.0 Å². The van der Waals surface area contributed by atoms with Crippen molar-refractivity contribution in [3.8, 4) is 0 Å². The van der Waals surface area contributed by atoms with Crippen LogP contribution in [0.2, 0.25) is 5.02 Å². The van der Waals surface area contributed by atoms with Gasteiger partial charge in [-0.15, -0.1) is 0 Å². The van der Waals surface area contributed by atoms with Crippen LogP contribution in [-0.2, 0) is 26.2 Å². The standard InChI is InChI=1S/C30H36ClN3O4S/c1-4-6-19-32-30(36)28(5-2)33(21-24-14-10-11-18-27(24)31)29(35)22-34(25-15-12-13-23(3)20-25)39(37,38)26-16-8-7-9-17-26/h7-18,20,28H,4-6,19,21-22H2,1-3H3,(H,32,36)/t28-/m0/s1. The lowest BCUT2D eigenvalue weighted by Gasteiger charge is -2.33. The number of unbranched alkanes of at least 4 members (excludes halogenated alkanes) is 1. The fourth-order valence-corrected chi connectivity index (χ4v) is 5.89. The van der Waals surface area contributed by atoms with Gasteiger partial charge < -0.3 is 10.2 Å². The van der Waals surface area contributed by atoms with E-state index in [0.717, 1.165) is 22.7 Å². The van der Waals surface area contributed by atoms with Crippen LogP contribution in [0.4, 0.5) is 5.69 Å². The van der Waals surface area contributed by atoms with Gasteiger partial charge in [0.1, 0.15) is 12.6 Å². The summed E-state index contributed by atoms with van der Waals surface area (Å²) in [6.07, 6.45) is 2.09. The Morgan fingerprint density at radius 3 is 2.28 bits per heavy atom. The summed E-state index contributed by atoms with van der Waals surface area (Å²) >= 11 is 6.43. The third-order valence-corrected chi connectivity index (χ3v) is 8.57. The van der Waals surface area contributed by atoms with Gasteiger partial charge in [0.25, 0.3) is 10.0 Å². The summed E-state index contributed by atoms with van der Waals surface area (Å²) in [6, 6.07) is 21.3. The molecule has 1 atom stereocenters. The van der Waals surface area contributed by atoms with Crippen molar-refractivity contribution in [2.75, 3.05) is 17.4 Å². The zero-order valence-electron chi connectivity index (χ0n) is 22.6. The van der Waals surface area contributed by atoms with E-state index in [0.29, 0.717) is 29.2 Å². The molecule has 3 aromatic rings. The number of rotatable bonds is 13. The first-order valence-electron chi connectivity index (χ1n) is 13.1. The monoisotopic (exact) mass is 569 g/mol. The van der Waals surface area contributed by atoms with E-state index in [2.05, 4.69) is 5.32 Å². The quantitative estimate of drug-likeness (QED) is 0.273. The summed E-state index contributed by atoms with van der Waals surface area (Å²) in [7, 11) is -4.09. The van der Waals surface area contributed by atoms with E-state index >= 15 is 0 Å². The van der Waals surface area contributed by atoms with Gasteiger partial charge in [-0.05, 0) is 61.2 Å². The molecule has 7 nitrogen and oxygen atoms in total. The number of carbonyl (C=O) groups excluding carboxylic acids is 2. The predicted molar refractivity (Wildman–Crippen MR) is 156 cm³/mol. The van der Waals surface area contributed by atoms with Gasteiger partial charge >= 0.3 is 0 Å². The van der Waals surface area contributed by atoms with Crippen LogP contribution in [0.1, 0.15) is 44.2 Å². The Labute approximate surface area is 236 Å². The minimum atomic E-state index is -4.09. The molecule has 0 heterocycles. The van der Waals surface area contributed by atoms with Gasteiger partial charge in [0.05, 0.1) is 10.6 Å². The van der Waals surface area contributed by atoms with Crippen molar-refractivity contribution in [2.24, 2.45) is 0 Å². The lowest BCUT2D eigenvalue weighted by Crippen LogP contribution is -2.52. The summed E-state index contributed by atoms with van der Waals surface area (Å²) in [5, 5.41) is 3.38. The summed E-state index contributed by atoms with van der Waals surface area (Å²) in [5.41, 5.74) is 1.88. The van der Waals surface area contributed by atoms with E-state index in [-0.39, 0.29) is 17.3 Å². The maximum absolute atomic E-state index is 14.0. The van der Waals surface area contributed by atoms with Gasteiger partial charge in [0, 0.05) is 18.1 Å². The Morgan fingerprint density at radius 2 is 1.64 bits per heavy atom. The summed E-state index contributed by atoms with van der Waals surface area (Å²) in [4.78, 5) is 28.8. The molecule has 0 fully saturated rings. The van der Waals surface area contributed by atoms with Crippen LogP contribution in [-0.4, -0.2) is 44.3 Å². The number of halogens is 1. The summed E-state index contributed by atoms with van der Waals surface area (Å²) in [6.45, 7) is 5.79. The van der Waals surface area contributed by atoms with Gasteiger partial charge in [-0.25, -0.2) is 8.42 Å². The highest BCUT2D eigenvalue weighted by Gasteiger charge is 2.33. The number of anilines is 1. The van der Waals surface area contributed by atoms with Gasteiger partial charge in [0.2, 0.25) is 11.8 Å². The minimum absolute atomic E-state index is 0.0608. The Morgan fingerprint density at radius 1 is 0.949 bits per heavy atom. The average molecular weight is 570 g/mol. The molecule has 0 saturated carbocycles. The molecule has 0 aliphatic heterocycles. The van der Waals surface area contributed by atoms with Crippen LogP contribution in [0.3, 0.4) is 0 Å². The lowest BCUT2D eigenvalue weighted by molar-refractivity contribution is -0.140. The molecule has 208 valence electrons. The number of benzene rings is 3. The summed E-state index contributed by atoms with van der Waals surface area (Å²) < 4.78 is 28.7. The molecular weight excluding hydrogens is 534 g/mol. The van der Waals surface area contributed by atoms with Crippen LogP contribution in [0.15, 0.2) is 83.8 Å². The molecule has 0 aromatic heterocycles. The highest BCUT2D eigenvalue weighted by atomic mass is 35.5. The van der Waals surface area contributed by atoms with Crippen molar-refractivity contribution in [1.82, 2.24) is 10.2 Å². The van der Waals surface area contributed by atoms with Gasteiger partial charge in [-0.2, -0.15) is 0 Å². The Hall–Kier alpha value is -3.36. The Kier molecular flexibility index (Phi) is 10.9. The van der Waals surface area contributed by atoms with Crippen LogP contribution < -0.4 is 9.62 Å². The van der Waals surface area contributed by atoms with Crippen LogP contribution >= 0.6 is 11.6 Å². The van der Waals surface area contributed by atoms with Crippen molar-refractivity contribution in [2.45, 2.75) is 57.5 Å². The number of carbonyl (C=O) groups is 2. The molecule has 3 rings (SSSR count). The number of nitrogens with one attached hydrogen (secondary N) is 1. The molecule has 0 radical (unpaired) electrons. The van der Waals surface area contributed by atoms with Gasteiger partial charge in [-0.3, -0.25) is 13.9 Å². The molecule has 3 aromatic carbocycles. The van der Waals surface area contributed by atoms with Crippen molar-refractivity contribution in [1.29, 1.82) is 0 Å². The maximum atomic E-state index is 14.0. The predicted octanol–water partition coefficient (Wildman–Crippen LogP) is 5.57. The van der Waals surface area contributed by atoms with Crippen LogP contribution in [0.25, 0.3) is 0 Å². The van der Waals surface area contributed by atoms with Crippen LogP contribution in [0, 0.1) is 6.92 Å². The first kappa shape index (κ1) is 30.2. The number of amides is 2. The molecule has 0 unspecified atom stereocenters. The van der Waals surface area contributed by atoms with Gasteiger partial charge in [0.15, 0.2) is 0 Å². The number of hydrogen-bond donors (Lipinski definition) is 1. The molecular formula is C30H36ClN3O4S.